The maximum Gasteiger partial charge on any atom is 0.238 e. The Morgan fingerprint density at radius 1 is 1.00 bits per heavy atom. The van der Waals surface area contributed by atoms with E-state index in [1.807, 2.05) is 53.9 Å². The van der Waals surface area contributed by atoms with Gasteiger partial charge in [0, 0.05) is 48.6 Å². The zero-order valence-electron chi connectivity index (χ0n) is 22.4. The SMILES string of the molecule is NCCN(CCN)C(=O)C[C@H](N)C(=O)N[C@@H](CCc1ccccc1)C(=O)CCc1csc(-c2cccc(Cl)c2)n1. The van der Waals surface area contributed by atoms with Crippen molar-refractivity contribution in [2.45, 2.75) is 44.2 Å². The van der Waals surface area contributed by atoms with Crippen molar-refractivity contribution < 1.29 is 14.4 Å². The first-order chi connectivity index (χ1) is 19.3. The van der Waals surface area contributed by atoms with Crippen LogP contribution in [-0.2, 0) is 27.2 Å². The number of ketones is 1. The zero-order chi connectivity index (χ0) is 28.9. The van der Waals surface area contributed by atoms with Crippen LogP contribution in [0.25, 0.3) is 10.6 Å². The van der Waals surface area contributed by atoms with Gasteiger partial charge in [0.15, 0.2) is 5.78 Å². The molecule has 40 heavy (non-hydrogen) atoms. The van der Waals surface area contributed by atoms with Crippen LogP contribution in [0.15, 0.2) is 60.0 Å². The third-order valence-corrected chi connectivity index (χ3v) is 7.58. The van der Waals surface area contributed by atoms with Crippen molar-refractivity contribution in [1.29, 1.82) is 0 Å². The van der Waals surface area contributed by atoms with Crippen molar-refractivity contribution in [3.05, 3.63) is 76.3 Å². The van der Waals surface area contributed by atoms with Crippen molar-refractivity contribution in [3.63, 3.8) is 0 Å². The molecular formula is C29H37ClN6O3S. The molecule has 0 saturated carbocycles. The van der Waals surface area contributed by atoms with Gasteiger partial charge in [-0.1, -0.05) is 54.1 Å². The van der Waals surface area contributed by atoms with Crippen molar-refractivity contribution in [2.75, 3.05) is 26.2 Å². The molecule has 1 heterocycles. The molecule has 0 bridgehead atoms. The number of nitrogens with one attached hydrogen (secondary N) is 1. The molecule has 7 N–H and O–H groups in total. The van der Waals surface area contributed by atoms with E-state index >= 15 is 0 Å². The second-order valence-corrected chi connectivity index (χ2v) is 10.8. The van der Waals surface area contributed by atoms with Crippen LogP contribution in [0.2, 0.25) is 5.02 Å². The van der Waals surface area contributed by atoms with Gasteiger partial charge in [-0.05, 0) is 37.0 Å². The smallest absolute Gasteiger partial charge is 0.238 e. The van der Waals surface area contributed by atoms with E-state index in [2.05, 4.69) is 10.3 Å². The summed E-state index contributed by atoms with van der Waals surface area (Å²) < 4.78 is 0. The van der Waals surface area contributed by atoms with Gasteiger partial charge in [-0.25, -0.2) is 4.98 Å². The van der Waals surface area contributed by atoms with E-state index in [4.69, 9.17) is 28.8 Å². The molecule has 214 valence electrons. The van der Waals surface area contributed by atoms with E-state index in [0.29, 0.717) is 37.4 Å². The summed E-state index contributed by atoms with van der Waals surface area (Å²) in [6.07, 6.45) is 1.45. The molecule has 0 saturated heterocycles. The molecule has 3 rings (SSSR count). The van der Waals surface area contributed by atoms with E-state index in [1.165, 1.54) is 16.2 Å². The van der Waals surface area contributed by atoms with Gasteiger partial charge in [-0.15, -0.1) is 11.3 Å². The molecule has 2 aromatic carbocycles. The van der Waals surface area contributed by atoms with Gasteiger partial charge >= 0.3 is 0 Å². The molecule has 0 spiro atoms. The van der Waals surface area contributed by atoms with Gasteiger partial charge in [-0.3, -0.25) is 14.4 Å². The highest BCUT2D eigenvalue weighted by Crippen LogP contribution is 2.26. The van der Waals surface area contributed by atoms with E-state index in [-0.39, 0.29) is 37.6 Å². The number of aromatic nitrogens is 1. The number of carbonyl (C=O) groups excluding carboxylic acids is 3. The maximum absolute atomic E-state index is 13.3. The molecule has 0 radical (unpaired) electrons. The molecule has 3 aromatic rings. The molecule has 9 nitrogen and oxygen atoms in total. The number of halogens is 1. The summed E-state index contributed by atoms with van der Waals surface area (Å²) in [4.78, 5) is 45.1. The normalized spacial score (nSPS) is 12.5. The van der Waals surface area contributed by atoms with Gasteiger partial charge in [0.05, 0.1) is 24.2 Å². The van der Waals surface area contributed by atoms with E-state index in [0.717, 1.165) is 21.8 Å². The first-order valence-electron chi connectivity index (χ1n) is 13.3. The van der Waals surface area contributed by atoms with Crippen molar-refractivity contribution >= 4 is 40.5 Å². The molecule has 0 fully saturated rings. The number of benzene rings is 2. The second-order valence-electron chi connectivity index (χ2n) is 9.47. The average molecular weight is 585 g/mol. The van der Waals surface area contributed by atoms with E-state index in [9.17, 15) is 14.4 Å². The number of thiazole rings is 1. The lowest BCUT2D eigenvalue weighted by Gasteiger charge is -2.24. The minimum Gasteiger partial charge on any atom is -0.345 e. The third kappa shape index (κ3) is 9.79. The zero-order valence-corrected chi connectivity index (χ0v) is 24.0. The molecule has 0 aliphatic carbocycles. The highest BCUT2D eigenvalue weighted by Gasteiger charge is 2.26. The molecule has 0 aliphatic rings. The first-order valence-corrected chi connectivity index (χ1v) is 14.6. The number of nitrogens with two attached hydrogens (primary N) is 3. The fourth-order valence-corrected chi connectivity index (χ4v) is 5.27. The number of carbonyl (C=O) groups is 3. The Morgan fingerprint density at radius 2 is 1.73 bits per heavy atom. The molecule has 2 amide bonds. The number of hydrogen-bond acceptors (Lipinski definition) is 8. The molecule has 1 aromatic heterocycles. The van der Waals surface area contributed by atoms with Crippen molar-refractivity contribution in [2.24, 2.45) is 17.2 Å². The van der Waals surface area contributed by atoms with Gasteiger partial charge in [0.2, 0.25) is 11.8 Å². The Hall–Kier alpha value is -3.15. The molecule has 11 heteroatoms. The third-order valence-electron chi connectivity index (χ3n) is 6.40. The fourth-order valence-electron chi connectivity index (χ4n) is 4.23. The largest absolute Gasteiger partial charge is 0.345 e. The lowest BCUT2D eigenvalue weighted by molar-refractivity contribution is -0.135. The Balaban J connectivity index is 1.63. The second kappa shape index (κ2) is 16.2. The first kappa shape index (κ1) is 31.4. The Kier molecular flexibility index (Phi) is 12.7. The number of aryl methyl sites for hydroxylation is 2. The van der Waals surface area contributed by atoms with Gasteiger partial charge < -0.3 is 27.4 Å². The Bertz CT molecular complexity index is 1250. The molecule has 0 unspecified atom stereocenters. The summed E-state index contributed by atoms with van der Waals surface area (Å²) in [5, 5.41) is 6.19. The van der Waals surface area contributed by atoms with Crippen molar-refractivity contribution in [1.82, 2.24) is 15.2 Å². The summed E-state index contributed by atoms with van der Waals surface area (Å²) in [7, 11) is 0. The van der Waals surface area contributed by atoms with Crippen LogP contribution >= 0.6 is 22.9 Å². The predicted molar refractivity (Wildman–Crippen MR) is 160 cm³/mol. The van der Waals surface area contributed by atoms with Crippen LogP contribution in [0, 0.1) is 0 Å². The standard InChI is InChI=1S/C29H37ClN6O3S/c30-22-8-4-7-21(17-22)29-34-23(19-40-29)10-12-26(37)25(11-9-20-5-2-1-3-6-20)35-28(39)24(33)18-27(38)36(15-13-31)16-14-32/h1-8,17,19,24-25H,9-16,18,31-33H2,(H,35,39)/t24-,25-/m0/s1. The summed E-state index contributed by atoms with van der Waals surface area (Å²) >= 11 is 7.60. The van der Waals surface area contributed by atoms with Gasteiger partial charge in [0.25, 0.3) is 0 Å². The lowest BCUT2D eigenvalue weighted by atomic mass is 9.98. The van der Waals surface area contributed by atoms with E-state index < -0.39 is 18.0 Å². The van der Waals surface area contributed by atoms with Crippen LogP contribution in [0.3, 0.4) is 0 Å². The van der Waals surface area contributed by atoms with Gasteiger partial charge in [-0.2, -0.15) is 0 Å². The van der Waals surface area contributed by atoms with Crippen LogP contribution in [0.4, 0.5) is 0 Å². The predicted octanol–water partition coefficient (Wildman–Crippen LogP) is 2.55. The highest BCUT2D eigenvalue weighted by molar-refractivity contribution is 7.13. The average Bonchev–Trinajstić information content (AvgIpc) is 3.43. The highest BCUT2D eigenvalue weighted by atomic mass is 35.5. The minimum atomic E-state index is -1.10. The number of rotatable bonds is 16. The quantitative estimate of drug-likeness (QED) is 0.201. The number of Topliss-reactive ketones (excluding diaryl/α,β-unsaturated/α-hetero) is 1. The number of nitrogens with zero attached hydrogens (tertiary/aromatic N) is 2. The van der Waals surface area contributed by atoms with Gasteiger partial charge in [0.1, 0.15) is 5.01 Å². The summed E-state index contributed by atoms with van der Waals surface area (Å²) in [5.41, 5.74) is 20.0. The number of amides is 2. The lowest BCUT2D eigenvalue weighted by Crippen LogP contribution is -2.51. The fraction of sp³-hybridized carbons (Fsp3) is 0.379. The van der Waals surface area contributed by atoms with Crippen LogP contribution in [0.5, 0.6) is 0 Å². The van der Waals surface area contributed by atoms with Crippen LogP contribution in [-0.4, -0.2) is 65.7 Å². The molecular weight excluding hydrogens is 548 g/mol. The monoisotopic (exact) mass is 584 g/mol. The summed E-state index contributed by atoms with van der Waals surface area (Å²) in [5.74, 6) is -0.963. The Morgan fingerprint density at radius 3 is 2.40 bits per heavy atom. The van der Waals surface area contributed by atoms with Crippen LogP contribution < -0.4 is 22.5 Å². The Labute approximate surface area is 244 Å². The topological polar surface area (TPSA) is 157 Å². The van der Waals surface area contributed by atoms with Crippen molar-refractivity contribution in [3.8, 4) is 10.6 Å². The van der Waals surface area contributed by atoms with E-state index in [1.54, 1.807) is 6.07 Å². The van der Waals surface area contributed by atoms with Crippen LogP contribution in [0.1, 0.15) is 30.5 Å². The minimum absolute atomic E-state index is 0.118. The molecule has 0 aliphatic heterocycles. The number of hydrogen-bond donors (Lipinski definition) is 4. The summed E-state index contributed by atoms with van der Waals surface area (Å²) in [6, 6.07) is 15.4. The maximum atomic E-state index is 13.3. The summed E-state index contributed by atoms with van der Waals surface area (Å²) in [6.45, 7) is 1.22. The molecule has 2 atom stereocenters.